The van der Waals surface area contributed by atoms with Gasteiger partial charge in [0.15, 0.2) is 5.78 Å². The molecule has 0 aliphatic heterocycles. The molecular weight excluding hydrogens is 292 g/mol. The van der Waals surface area contributed by atoms with Gasteiger partial charge in [-0.3, -0.25) is 9.59 Å². The Kier molecular flexibility index (Phi) is 3.49. The van der Waals surface area contributed by atoms with Gasteiger partial charge < -0.3 is 9.15 Å². The maximum absolute atomic E-state index is 12.6. The van der Waals surface area contributed by atoms with E-state index in [9.17, 15) is 9.59 Å². The van der Waals surface area contributed by atoms with Crippen LogP contribution in [-0.2, 0) is 11.3 Å². The summed E-state index contributed by atoms with van der Waals surface area (Å²) in [6, 6.07) is 9.91. The number of carbonyl (C=O) groups is 2. The fourth-order valence-corrected chi connectivity index (χ4v) is 2.58. The van der Waals surface area contributed by atoms with Crippen molar-refractivity contribution >= 4 is 28.7 Å². The molecule has 2 aromatic rings. The lowest BCUT2D eigenvalue weighted by atomic mass is 9.88. The SMILES string of the molecule is COCc1ccc(C2=C(Cl)C(=O)c3ccccc3C2=O)o1. The van der Waals surface area contributed by atoms with Crippen LogP contribution in [0.5, 0.6) is 0 Å². The smallest absolute Gasteiger partial charge is 0.206 e. The number of allylic oxidation sites excluding steroid dienone is 2. The molecule has 0 radical (unpaired) electrons. The molecule has 4 nitrogen and oxygen atoms in total. The third-order valence-corrected chi connectivity index (χ3v) is 3.62. The van der Waals surface area contributed by atoms with Crippen molar-refractivity contribution in [3.63, 3.8) is 0 Å². The van der Waals surface area contributed by atoms with E-state index < -0.39 is 0 Å². The fraction of sp³-hybridized carbons (Fsp3) is 0.125. The summed E-state index contributed by atoms with van der Waals surface area (Å²) < 4.78 is 10.5. The van der Waals surface area contributed by atoms with Crippen molar-refractivity contribution in [2.75, 3.05) is 7.11 Å². The van der Waals surface area contributed by atoms with Crippen LogP contribution in [-0.4, -0.2) is 18.7 Å². The molecule has 0 atom stereocenters. The molecule has 1 aliphatic rings. The molecule has 1 heterocycles. The number of hydrogen-bond acceptors (Lipinski definition) is 4. The van der Waals surface area contributed by atoms with Gasteiger partial charge in [-0.15, -0.1) is 0 Å². The van der Waals surface area contributed by atoms with Gasteiger partial charge >= 0.3 is 0 Å². The molecule has 1 aliphatic carbocycles. The van der Waals surface area contributed by atoms with Gasteiger partial charge in [0.25, 0.3) is 0 Å². The summed E-state index contributed by atoms with van der Waals surface area (Å²) in [7, 11) is 1.54. The topological polar surface area (TPSA) is 56.5 Å². The van der Waals surface area contributed by atoms with Crippen LogP contribution in [0.25, 0.3) is 5.57 Å². The van der Waals surface area contributed by atoms with E-state index in [0.29, 0.717) is 16.9 Å². The van der Waals surface area contributed by atoms with Crippen molar-refractivity contribution in [3.8, 4) is 0 Å². The molecule has 0 saturated carbocycles. The van der Waals surface area contributed by atoms with E-state index in [1.165, 1.54) is 0 Å². The van der Waals surface area contributed by atoms with Gasteiger partial charge in [0.1, 0.15) is 23.2 Å². The number of carbonyl (C=O) groups excluding carboxylic acids is 2. The Bertz CT molecular complexity index is 770. The lowest BCUT2D eigenvalue weighted by Gasteiger charge is -2.16. The standard InChI is InChI=1S/C16H11ClO4/c1-20-8-9-6-7-12(21-9)13-14(17)16(19)11-5-3-2-4-10(11)15(13)18/h2-7H,8H2,1H3. The second-order valence-electron chi connectivity index (χ2n) is 4.59. The highest BCUT2D eigenvalue weighted by molar-refractivity contribution is 6.56. The highest BCUT2D eigenvalue weighted by Crippen LogP contribution is 2.34. The minimum atomic E-state index is -0.369. The summed E-state index contributed by atoms with van der Waals surface area (Å²) in [5.41, 5.74) is 0.759. The molecule has 0 bridgehead atoms. The van der Waals surface area contributed by atoms with Crippen molar-refractivity contribution in [2.45, 2.75) is 6.61 Å². The Morgan fingerprint density at radius 1 is 1.05 bits per heavy atom. The molecule has 1 aromatic carbocycles. The lowest BCUT2D eigenvalue weighted by molar-refractivity contribution is 0.0996. The zero-order valence-electron chi connectivity index (χ0n) is 11.2. The van der Waals surface area contributed by atoms with Gasteiger partial charge in [0.05, 0.1) is 5.57 Å². The fourth-order valence-electron chi connectivity index (χ4n) is 2.30. The van der Waals surface area contributed by atoms with Crippen molar-refractivity contribution in [1.29, 1.82) is 0 Å². The number of rotatable bonds is 3. The summed E-state index contributed by atoms with van der Waals surface area (Å²) in [5.74, 6) is 0.156. The summed E-state index contributed by atoms with van der Waals surface area (Å²) in [6.45, 7) is 0.281. The van der Waals surface area contributed by atoms with E-state index in [-0.39, 0.29) is 34.5 Å². The number of ether oxygens (including phenoxy) is 1. The van der Waals surface area contributed by atoms with Crippen LogP contribution in [0, 0.1) is 0 Å². The van der Waals surface area contributed by atoms with Crippen molar-refractivity contribution in [1.82, 2.24) is 0 Å². The number of methoxy groups -OCH3 is 1. The second-order valence-corrected chi connectivity index (χ2v) is 4.97. The largest absolute Gasteiger partial charge is 0.458 e. The third-order valence-electron chi connectivity index (χ3n) is 3.26. The number of halogens is 1. The van der Waals surface area contributed by atoms with Crippen LogP contribution in [0.3, 0.4) is 0 Å². The molecule has 0 amide bonds. The molecule has 21 heavy (non-hydrogen) atoms. The van der Waals surface area contributed by atoms with Crippen molar-refractivity contribution in [3.05, 3.63) is 64.1 Å². The third kappa shape index (κ3) is 2.22. The van der Waals surface area contributed by atoms with E-state index in [1.807, 2.05) is 0 Å². The predicted molar refractivity (Wildman–Crippen MR) is 77.3 cm³/mol. The summed E-state index contributed by atoms with van der Waals surface area (Å²) in [6.07, 6.45) is 0. The average Bonchev–Trinajstić information content (AvgIpc) is 2.94. The summed E-state index contributed by atoms with van der Waals surface area (Å²) >= 11 is 6.09. The van der Waals surface area contributed by atoms with Gasteiger partial charge in [-0.05, 0) is 12.1 Å². The molecule has 1 aromatic heterocycles. The summed E-state index contributed by atoms with van der Waals surface area (Å²) in [5, 5.41) is -0.114. The zero-order valence-corrected chi connectivity index (χ0v) is 11.9. The zero-order chi connectivity index (χ0) is 15.0. The molecule has 0 spiro atoms. The molecular formula is C16H11ClO4. The molecule has 0 N–H and O–H groups in total. The maximum Gasteiger partial charge on any atom is 0.206 e. The Hall–Kier alpha value is -2.17. The van der Waals surface area contributed by atoms with Crippen LogP contribution >= 0.6 is 11.6 Å². The minimum absolute atomic E-state index is 0.0997. The number of hydrogen-bond donors (Lipinski definition) is 0. The molecule has 0 saturated heterocycles. The van der Waals surface area contributed by atoms with Gasteiger partial charge in [-0.25, -0.2) is 0 Å². The molecule has 0 fully saturated rings. The first-order valence-corrected chi connectivity index (χ1v) is 6.67. The number of ketones is 2. The van der Waals surface area contributed by atoms with Crippen molar-refractivity contribution < 1.29 is 18.7 Å². The first-order valence-electron chi connectivity index (χ1n) is 6.29. The highest BCUT2D eigenvalue weighted by Gasteiger charge is 2.33. The normalized spacial score (nSPS) is 14.6. The Labute approximate surface area is 126 Å². The van der Waals surface area contributed by atoms with Crippen molar-refractivity contribution in [2.24, 2.45) is 0 Å². The monoisotopic (exact) mass is 302 g/mol. The van der Waals surface area contributed by atoms with Crippen LogP contribution in [0.15, 0.2) is 45.8 Å². The van der Waals surface area contributed by atoms with Gasteiger partial charge in [-0.2, -0.15) is 0 Å². The Morgan fingerprint density at radius 3 is 2.38 bits per heavy atom. The Balaban J connectivity index is 2.11. The maximum atomic E-state index is 12.6. The molecule has 3 rings (SSSR count). The number of furan rings is 1. The van der Waals surface area contributed by atoms with Crippen LogP contribution in [0.2, 0.25) is 0 Å². The van der Waals surface area contributed by atoms with E-state index in [1.54, 1.807) is 43.5 Å². The van der Waals surface area contributed by atoms with E-state index >= 15 is 0 Å². The Morgan fingerprint density at radius 2 is 1.71 bits per heavy atom. The summed E-state index contributed by atoms with van der Waals surface area (Å²) in [4.78, 5) is 24.8. The molecule has 106 valence electrons. The average molecular weight is 303 g/mol. The number of Topliss-reactive ketones (excluding diaryl/α,β-unsaturated/α-hetero) is 2. The van der Waals surface area contributed by atoms with E-state index in [0.717, 1.165) is 0 Å². The van der Waals surface area contributed by atoms with Gasteiger partial charge in [-0.1, -0.05) is 35.9 Å². The number of fused-ring (bicyclic) bond motifs is 1. The molecule has 0 unspecified atom stereocenters. The first kappa shape index (κ1) is 13.8. The first-order chi connectivity index (χ1) is 10.1. The lowest BCUT2D eigenvalue weighted by Crippen LogP contribution is -2.18. The number of benzene rings is 1. The second kappa shape index (κ2) is 5.31. The predicted octanol–water partition coefficient (Wildman–Crippen LogP) is 3.46. The van der Waals surface area contributed by atoms with Crippen LogP contribution in [0.1, 0.15) is 32.2 Å². The van der Waals surface area contributed by atoms with Crippen LogP contribution < -0.4 is 0 Å². The van der Waals surface area contributed by atoms with Gasteiger partial charge in [0, 0.05) is 18.2 Å². The van der Waals surface area contributed by atoms with E-state index in [2.05, 4.69) is 0 Å². The minimum Gasteiger partial charge on any atom is -0.458 e. The van der Waals surface area contributed by atoms with Crippen LogP contribution in [0.4, 0.5) is 0 Å². The van der Waals surface area contributed by atoms with E-state index in [4.69, 9.17) is 20.8 Å². The quantitative estimate of drug-likeness (QED) is 0.871. The molecule has 5 heteroatoms. The highest BCUT2D eigenvalue weighted by atomic mass is 35.5. The van der Waals surface area contributed by atoms with Gasteiger partial charge in [0.2, 0.25) is 5.78 Å².